The summed E-state index contributed by atoms with van der Waals surface area (Å²) in [6.07, 6.45) is -1.19. The molecule has 5 atom stereocenters. The molecule has 1 rings (SSSR count). The molecule has 1 fully saturated rings. The van der Waals surface area contributed by atoms with Crippen LogP contribution in [0.5, 0.6) is 0 Å². The molecule has 0 saturated carbocycles. The molecule has 0 radical (unpaired) electrons. The maximum Gasteiger partial charge on any atom is 0.302 e. The van der Waals surface area contributed by atoms with E-state index in [1.807, 2.05) is 0 Å². The number of carbonyl (C=O) groups is 3. The van der Waals surface area contributed by atoms with Crippen LogP contribution >= 0.6 is 11.6 Å². The van der Waals surface area contributed by atoms with Gasteiger partial charge in [0.2, 0.25) is 5.91 Å². The molecule has 1 heterocycles. The standard InChI is InChI=1S/C13H20ClNO6/c1-6-10(5-19-8(3)17)21-13(14)11(15-7(2)16)12(6)20-9(4)18/h6,10-13H,5H2,1-4H3,(H,15,16)/t6-,10-,11-,12+,13+/m1/s1. The number of esters is 2. The van der Waals surface area contributed by atoms with Crippen LogP contribution in [0.1, 0.15) is 27.7 Å². The van der Waals surface area contributed by atoms with Crippen LogP contribution in [0.2, 0.25) is 0 Å². The van der Waals surface area contributed by atoms with E-state index in [1.54, 1.807) is 6.92 Å². The molecule has 0 unspecified atom stereocenters. The molecule has 0 aromatic carbocycles. The Hall–Kier alpha value is -1.34. The Morgan fingerprint density at radius 2 is 1.81 bits per heavy atom. The van der Waals surface area contributed by atoms with Gasteiger partial charge in [-0.2, -0.15) is 0 Å². The lowest BCUT2D eigenvalue weighted by atomic mass is 9.90. The molecule has 1 N–H and O–H groups in total. The van der Waals surface area contributed by atoms with Crippen molar-refractivity contribution in [2.75, 3.05) is 6.61 Å². The van der Waals surface area contributed by atoms with E-state index in [0.717, 1.165) is 0 Å². The highest BCUT2D eigenvalue weighted by molar-refractivity contribution is 6.20. The molecule has 0 aromatic heterocycles. The quantitative estimate of drug-likeness (QED) is 0.602. The highest BCUT2D eigenvalue weighted by Gasteiger charge is 2.45. The Labute approximate surface area is 128 Å². The second-order valence-corrected chi connectivity index (χ2v) is 5.42. The van der Waals surface area contributed by atoms with Crippen molar-refractivity contribution < 1.29 is 28.6 Å². The Bertz CT molecular complexity index is 415. The van der Waals surface area contributed by atoms with Gasteiger partial charge >= 0.3 is 11.9 Å². The average Bonchev–Trinajstić information content (AvgIpc) is 2.35. The van der Waals surface area contributed by atoms with Crippen LogP contribution in [0.3, 0.4) is 0 Å². The monoisotopic (exact) mass is 321 g/mol. The summed E-state index contributed by atoms with van der Waals surface area (Å²) >= 11 is 6.11. The predicted octanol–water partition coefficient (Wildman–Crippen LogP) is 0.586. The third-order valence-corrected chi connectivity index (χ3v) is 3.54. The molecule has 7 nitrogen and oxygen atoms in total. The number of hydrogen-bond acceptors (Lipinski definition) is 6. The Balaban J connectivity index is 2.87. The fourth-order valence-electron chi connectivity index (χ4n) is 2.21. The molecule has 0 bridgehead atoms. The zero-order chi connectivity index (χ0) is 16.2. The highest BCUT2D eigenvalue weighted by atomic mass is 35.5. The summed E-state index contributed by atoms with van der Waals surface area (Å²) in [5, 5.41) is 2.62. The second kappa shape index (κ2) is 7.61. The third-order valence-electron chi connectivity index (χ3n) is 3.17. The van der Waals surface area contributed by atoms with E-state index in [0.29, 0.717) is 0 Å². The van der Waals surface area contributed by atoms with E-state index in [-0.39, 0.29) is 18.4 Å². The van der Waals surface area contributed by atoms with Crippen molar-refractivity contribution in [1.82, 2.24) is 5.32 Å². The number of amides is 1. The number of nitrogens with one attached hydrogen (secondary N) is 1. The fourth-order valence-corrected chi connectivity index (χ4v) is 2.55. The van der Waals surface area contributed by atoms with Crippen molar-refractivity contribution in [3.05, 3.63) is 0 Å². The Morgan fingerprint density at radius 1 is 1.19 bits per heavy atom. The van der Waals surface area contributed by atoms with Crippen LogP contribution in [0, 0.1) is 5.92 Å². The van der Waals surface area contributed by atoms with Crippen molar-refractivity contribution in [2.45, 2.75) is 51.5 Å². The van der Waals surface area contributed by atoms with Gasteiger partial charge in [0.15, 0.2) is 5.56 Å². The van der Waals surface area contributed by atoms with Crippen molar-refractivity contribution in [1.29, 1.82) is 0 Å². The minimum Gasteiger partial charge on any atom is -0.463 e. The first-order valence-corrected chi connectivity index (χ1v) is 7.03. The zero-order valence-electron chi connectivity index (χ0n) is 12.4. The number of carbonyl (C=O) groups excluding carboxylic acids is 3. The first kappa shape index (κ1) is 17.7. The maximum absolute atomic E-state index is 11.3. The van der Waals surface area contributed by atoms with E-state index >= 15 is 0 Å². The van der Waals surface area contributed by atoms with E-state index in [9.17, 15) is 14.4 Å². The molecule has 1 aliphatic rings. The highest BCUT2D eigenvalue weighted by Crippen LogP contribution is 2.30. The first-order chi connectivity index (χ1) is 9.72. The molecule has 0 aliphatic carbocycles. The number of alkyl halides is 1. The largest absolute Gasteiger partial charge is 0.463 e. The number of hydrogen-bond donors (Lipinski definition) is 1. The van der Waals surface area contributed by atoms with Crippen molar-refractivity contribution in [3.8, 4) is 0 Å². The summed E-state index contributed by atoms with van der Waals surface area (Å²) in [6, 6.07) is -0.670. The number of halogens is 1. The summed E-state index contributed by atoms with van der Waals surface area (Å²) in [6.45, 7) is 5.68. The van der Waals surface area contributed by atoms with Gasteiger partial charge in [0.05, 0.1) is 6.10 Å². The van der Waals surface area contributed by atoms with Gasteiger partial charge in [-0.05, 0) is 0 Å². The zero-order valence-corrected chi connectivity index (χ0v) is 13.2. The van der Waals surface area contributed by atoms with Crippen LogP contribution in [0.4, 0.5) is 0 Å². The summed E-state index contributed by atoms with van der Waals surface area (Å²) in [4.78, 5) is 33.4. The van der Waals surface area contributed by atoms with Gasteiger partial charge in [-0.15, -0.1) is 0 Å². The summed E-state index contributed by atoms with van der Waals surface area (Å²) in [5.41, 5.74) is -0.894. The topological polar surface area (TPSA) is 90.9 Å². The summed E-state index contributed by atoms with van der Waals surface area (Å²) in [7, 11) is 0. The van der Waals surface area contributed by atoms with E-state index in [4.69, 9.17) is 25.8 Å². The van der Waals surface area contributed by atoms with Gasteiger partial charge in [-0.25, -0.2) is 0 Å². The molecule has 1 aliphatic heterocycles. The van der Waals surface area contributed by atoms with Gasteiger partial charge in [0.1, 0.15) is 18.8 Å². The lowest BCUT2D eigenvalue weighted by Gasteiger charge is -2.43. The third kappa shape index (κ3) is 5.17. The fraction of sp³-hybridized carbons (Fsp3) is 0.769. The van der Waals surface area contributed by atoms with E-state index in [1.165, 1.54) is 20.8 Å². The van der Waals surface area contributed by atoms with Gasteiger partial charge in [0.25, 0.3) is 0 Å². The summed E-state index contributed by atoms with van der Waals surface area (Å²) < 4.78 is 15.7. The Kier molecular flexibility index (Phi) is 6.42. The lowest BCUT2D eigenvalue weighted by molar-refractivity contribution is -0.181. The molecule has 120 valence electrons. The van der Waals surface area contributed by atoms with Gasteiger partial charge in [0, 0.05) is 26.7 Å². The molecule has 1 saturated heterocycles. The van der Waals surface area contributed by atoms with Gasteiger partial charge < -0.3 is 19.5 Å². The Morgan fingerprint density at radius 3 is 2.29 bits per heavy atom. The van der Waals surface area contributed by atoms with Crippen LogP contribution in [0.15, 0.2) is 0 Å². The smallest absolute Gasteiger partial charge is 0.302 e. The number of rotatable bonds is 4. The minimum absolute atomic E-state index is 0.00424. The first-order valence-electron chi connectivity index (χ1n) is 6.59. The van der Waals surface area contributed by atoms with Gasteiger partial charge in [-0.1, -0.05) is 18.5 Å². The van der Waals surface area contributed by atoms with Crippen LogP contribution in [-0.2, 0) is 28.6 Å². The van der Waals surface area contributed by atoms with E-state index in [2.05, 4.69) is 5.32 Å². The predicted molar refractivity (Wildman–Crippen MR) is 73.5 cm³/mol. The molecular weight excluding hydrogens is 302 g/mol. The molecular formula is C13H20ClNO6. The molecule has 0 spiro atoms. The second-order valence-electron chi connectivity index (χ2n) is 4.99. The van der Waals surface area contributed by atoms with Crippen LogP contribution in [0.25, 0.3) is 0 Å². The number of ether oxygens (including phenoxy) is 3. The van der Waals surface area contributed by atoms with Crippen molar-refractivity contribution >= 4 is 29.4 Å². The normalized spacial score (nSPS) is 32.1. The molecule has 0 aromatic rings. The van der Waals surface area contributed by atoms with Crippen LogP contribution < -0.4 is 5.32 Å². The average molecular weight is 322 g/mol. The maximum atomic E-state index is 11.3. The summed E-state index contributed by atoms with van der Waals surface area (Å²) in [5.74, 6) is -1.54. The molecule has 21 heavy (non-hydrogen) atoms. The molecule has 1 amide bonds. The van der Waals surface area contributed by atoms with Crippen LogP contribution in [-0.4, -0.2) is 48.3 Å². The van der Waals surface area contributed by atoms with Crippen molar-refractivity contribution in [3.63, 3.8) is 0 Å². The van der Waals surface area contributed by atoms with Gasteiger partial charge in [-0.3, -0.25) is 14.4 Å². The SMILES string of the molecule is CC(=O)N[C@@H]1[C@@H](OC(C)=O)[C@H](C)[C@@H](COC(C)=O)O[C@@H]1Cl. The van der Waals surface area contributed by atoms with Crippen molar-refractivity contribution in [2.24, 2.45) is 5.92 Å². The lowest BCUT2D eigenvalue weighted by Crippen LogP contribution is -2.60. The van der Waals surface area contributed by atoms with E-state index < -0.39 is 35.8 Å². The minimum atomic E-state index is -0.894. The molecule has 8 heteroatoms.